The van der Waals surface area contributed by atoms with Gasteiger partial charge in [-0.2, -0.15) is 0 Å². The lowest BCUT2D eigenvalue weighted by atomic mass is 9.98. The fourth-order valence-electron chi connectivity index (χ4n) is 17.6. The Morgan fingerprint density at radius 3 is 0.583 bits per heavy atom. The highest BCUT2D eigenvalue weighted by atomic mass is 16.8. The number of H-pyrrole nitrogens is 2. The number of ether oxygens (including phenoxy) is 24. The molecule has 0 unspecified atom stereocenters. The maximum Gasteiger partial charge on any atom is 0.303 e. The average Bonchev–Trinajstić information content (AvgIpc) is 1.62. The van der Waals surface area contributed by atoms with Crippen LogP contribution < -0.4 is 18.9 Å². The molecule has 9 heterocycles. The molecule has 766 valence electrons. The van der Waals surface area contributed by atoms with Gasteiger partial charge in [-0.3, -0.25) is 86.7 Å². The third-order valence-corrected chi connectivity index (χ3v) is 22.6. The van der Waals surface area contributed by atoms with Gasteiger partial charge in [-0.15, -0.1) is 0 Å². The Morgan fingerprint density at radius 2 is 0.410 bits per heavy atom. The Bertz CT molecular complexity index is 5530. The summed E-state index contributed by atoms with van der Waals surface area (Å²) in [4.78, 5) is 225. The van der Waals surface area contributed by atoms with E-state index in [0.29, 0.717) is 89.4 Å². The van der Waals surface area contributed by atoms with Crippen LogP contribution in [-0.4, -0.2) is 265 Å². The van der Waals surface area contributed by atoms with E-state index in [1.165, 1.54) is 0 Å². The van der Waals surface area contributed by atoms with Gasteiger partial charge >= 0.3 is 95.5 Å². The second-order valence-corrected chi connectivity index (χ2v) is 33.9. The predicted octanol–water partition coefficient (Wildman–Crippen LogP) is 8.40. The molecule has 44 heteroatoms. The van der Waals surface area contributed by atoms with E-state index in [0.717, 1.165) is 111 Å². The van der Waals surface area contributed by atoms with Crippen molar-refractivity contribution >= 4 is 118 Å². The summed E-state index contributed by atoms with van der Waals surface area (Å²) in [5, 5.41) is 0. The largest absolute Gasteiger partial charge is 0.463 e. The van der Waals surface area contributed by atoms with Gasteiger partial charge in [-0.25, -0.2) is 0 Å². The normalized spacial score (nSPS) is 24.2. The topological polar surface area (TPSA) is 552 Å². The smallest absolute Gasteiger partial charge is 0.303 e. The van der Waals surface area contributed by atoms with Crippen LogP contribution in [0.2, 0.25) is 0 Å². The fourth-order valence-corrected chi connectivity index (χ4v) is 17.6. The summed E-state index contributed by atoms with van der Waals surface area (Å²) in [5.41, 5.74) is 6.25. The van der Waals surface area contributed by atoms with Crippen LogP contribution in [-0.2, 0) is 197 Å². The second-order valence-electron chi connectivity index (χ2n) is 33.9. The SMILES string of the molecule is CC(=O)OC[C@H]1O[C@@H](Oc2cccc(-c3c4nc(c(-c5cccc(O[C@@H]6O[C@H](COC(C)=O)[C@@H](OC(C)=O)[C@H](OC(C)=O)[C@H]6OC(C)=O)c5)c5ccc([nH]5)c(-c5cccc(O[C@@H]6O[C@H](COC(C)=O)[C@@H](OC(C)=O)[C@H](OC(C)=O)[C@H]6OC(C)=O)c5)c5nc(c(-c6cccc(O[C@@H]7O[C@H](COC(C)=O)[C@@H](OC(C)=O)[C@H](OC(C)=O)[C@H]7OC(C)=O)c6)c6ccc3[nH]6)CC5)CC4)c2)[C@H](OC(C)=O)[C@@H](OC(C)=O)[C@@H]1OC(C)=O. The van der Waals surface area contributed by atoms with Crippen LogP contribution >= 0.6 is 0 Å². The van der Waals surface area contributed by atoms with Crippen molar-refractivity contribution in [2.75, 3.05) is 26.4 Å². The van der Waals surface area contributed by atoms with Gasteiger partial charge in [0.2, 0.25) is 49.6 Å². The van der Waals surface area contributed by atoms with Crippen molar-refractivity contribution in [2.24, 2.45) is 0 Å². The second kappa shape index (κ2) is 47.0. The van der Waals surface area contributed by atoms with Crippen molar-refractivity contribution in [3.05, 3.63) is 144 Å². The van der Waals surface area contributed by atoms with Gasteiger partial charge in [-0.1, -0.05) is 48.5 Å². The summed E-state index contributed by atoms with van der Waals surface area (Å²) < 4.78 is 143. The van der Waals surface area contributed by atoms with Crippen LogP contribution in [0, 0.1) is 0 Å². The number of carbonyl (C=O) groups excluding carboxylic acids is 16. The molecule has 4 aromatic carbocycles. The number of aromatic amines is 2. The van der Waals surface area contributed by atoms with Crippen molar-refractivity contribution in [3.8, 4) is 67.5 Å². The van der Waals surface area contributed by atoms with Crippen LogP contribution in [0.25, 0.3) is 66.6 Å². The molecule has 3 aromatic heterocycles. The first-order valence-electron chi connectivity index (χ1n) is 45.5. The molecule has 0 radical (unpaired) electrons. The molecule has 2 N–H and O–H groups in total. The summed E-state index contributed by atoms with van der Waals surface area (Å²) in [6.45, 7) is 15.0. The molecule has 4 fully saturated rings. The van der Waals surface area contributed by atoms with Crippen LogP contribution in [0.1, 0.15) is 134 Å². The highest BCUT2D eigenvalue weighted by Gasteiger charge is 2.58. The minimum atomic E-state index is -1.73. The first-order chi connectivity index (χ1) is 68.5. The zero-order valence-corrected chi connectivity index (χ0v) is 81.0. The molecule has 0 aliphatic carbocycles. The van der Waals surface area contributed by atoms with Crippen molar-refractivity contribution in [2.45, 2.75) is 259 Å². The number of hydrogen-bond acceptors (Lipinski definition) is 42. The molecule has 0 amide bonds. The number of hydrogen-bond donors (Lipinski definition) is 2. The van der Waals surface area contributed by atoms with Crippen molar-refractivity contribution in [1.29, 1.82) is 0 Å². The van der Waals surface area contributed by atoms with Crippen molar-refractivity contribution in [3.63, 3.8) is 0 Å². The standard InChI is InChI=1S/C100H106N4O40/c1-45(105)121-41-77-85(125-49(5)109)89(129-53(9)113)93(133-57(13)117)97(141-77)137-65-25-17-21-61(37-65)81-69-29-31-71(101-69)82(62-22-18-26-66(38-62)138-98-94(134-58(14)118)90(130-54(10)114)86(126-50(6)110)78(142-98)42-122-46(2)106)73-33-35-75(103-73)84(64-24-20-28-68(40-64)140-100-96(136-60(16)120)92(132-56(12)116)88(128-52(8)112)80(144-100)44-124-48(4)108)76-36-34-74(104-76)83(72-32-30-70(81)102-72)63-23-19-27-67(39-63)139-99-95(135-59(15)119)91(131-55(11)115)87(127-51(7)111)79(143-99)43-123-47(3)107/h17-29,31,34,36-40,77-80,85-101,104H,30,32-33,35,41-44H2,1-16H3/t77-,78-,79-,80-,85-,86-,87-,88-,89+,90+,91+,92+,93-,94-,95-,96-,97-,98-,99-,100-/m1/s1. The summed E-state index contributed by atoms with van der Waals surface area (Å²) in [7, 11) is 0. The number of carbonyl (C=O) groups is 16. The fraction of sp³-hybridized carbons (Fsp3) is 0.440. The summed E-state index contributed by atoms with van der Waals surface area (Å²) in [5.74, 6) is -13.8. The Balaban J connectivity index is 1.08. The number of aromatic nitrogens is 4. The maximum absolute atomic E-state index is 13.2. The third kappa shape index (κ3) is 26.9. The molecule has 4 saturated heterocycles. The van der Waals surface area contributed by atoms with E-state index in [4.69, 9.17) is 124 Å². The number of nitrogens with zero attached hydrogens (tertiary/aromatic N) is 2. The lowest BCUT2D eigenvalue weighted by molar-refractivity contribution is -0.288. The Kier molecular flexibility index (Phi) is 34.5. The number of rotatable bonds is 32. The van der Waals surface area contributed by atoms with Crippen molar-refractivity contribution < 1.29 is 190 Å². The molecule has 0 spiro atoms. The molecule has 7 aromatic rings. The number of fused-ring (bicyclic) bond motifs is 8. The van der Waals surface area contributed by atoms with E-state index in [9.17, 15) is 76.7 Å². The zero-order valence-electron chi connectivity index (χ0n) is 81.0. The Labute approximate surface area is 821 Å². The average molecular weight is 2000 g/mol. The maximum atomic E-state index is 13.2. The highest BCUT2D eigenvalue weighted by molar-refractivity contribution is 5.93. The van der Waals surface area contributed by atoms with Crippen LogP contribution in [0.4, 0.5) is 0 Å². The molecule has 8 bridgehead atoms. The number of nitrogens with one attached hydrogen (secondary N) is 2. The molecule has 6 aliphatic heterocycles. The van der Waals surface area contributed by atoms with Gasteiger partial charge in [-0.05, 0) is 121 Å². The van der Waals surface area contributed by atoms with Crippen LogP contribution in [0.3, 0.4) is 0 Å². The summed E-state index contributed by atoms with van der Waals surface area (Å²) >= 11 is 0. The van der Waals surface area contributed by atoms with E-state index in [1.807, 2.05) is 0 Å². The van der Waals surface area contributed by atoms with Crippen LogP contribution in [0.15, 0.2) is 121 Å². The number of aryl methyl sites for hydroxylation is 4. The van der Waals surface area contributed by atoms with Crippen molar-refractivity contribution in [1.82, 2.24) is 19.9 Å². The molecular weight excluding hydrogens is 1900 g/mol. The van der Waals surface area contributed by atoms with E-state index >= 15 is 0 Å². The third-order valence-electron chi connectivity index (χ3n) is 22.6. The lowest BCUT2D eigenvalue weighted by Gasteiger charge is -2.43. The summed E-state index contributed by atoms with van der Waals surface area (Å²) in [6.07, 6.45) is -31.7. The zero-order chi connectivity index (χ0) is 104. The summed E-state index contributed by atoms with van der Waals surface area (Å²) in [6, 6.07) is 33.2. The monoisotopic (exact) mass is 2000 g/mol. The van der Waals surface area contributed by atoms with Gasteiger partial charge in [0.05, 0.1) is 22.8 Å². The van der Waals surface area contributed by atoms with E-state index < -0.39 is 245 Å². The van der Waals surface area contributed by atoms with Gasteiger partial charge in [0.15, 0.2) is 48.8 Å². The number of benzene rings is 4. The van der Waals surface area contributed by atoms with E-state index in [-0.39, 0.29) is 48.7 Å². The molecule has 0 saturated carbocycles. The van der Waals surface area contributed by atoms with E-state index in [1.54, 1.807) is 121 Å². The van der Waals surface area contributed by atoms with Gasteiger partial charge in [0.25, 0.3) is 0 Å². The highest BCUT2D eigenvalue weighted by Crippen LogP contribution is 2.45. The number of esters is 16. The van der Waals surface area contributed by atoms with Crippen LogP contribution in [0.5, 0.6) is 23.0 Å². The first kappa shape index (κ1) is 106. The molecular formula is C100H106N4O40. The van der Waals surface area contributed by atoms with Gasteiger partial charge in [0.1, 0.15) is 73.8 Å². The molecule has 6 aliphatic rings. The quantitative estimate of drug-likeness (QED) is 0.0295. The minimum absolute atomic E-state index is 0.0104. The van der Waals surface area contributed by atoms with E-state index in [2.05, 4.69) is 9.97 Å². The first-order valence-corrected chi connectivity index (χ1v) is 45.5. The Hall–Kier alpha value is -15.4. The molecule has 13 rings (SSSR count). The van der Waals surface area contributed by atoms with Gasteiger partial charge in [0, 0.05) is 155 Å². The minimum Gasteiger partial charge on any atom is -0.463 e. The predicted molar refractivity (Wildman–Crippen MR) is 488 cm³/mol. The molecule has 144 heavy (non-hydrogen) atoms. The Morgan fingerprint density at radius 1 is 0.236 bits per heavy atom. The lowest BCUT2D eigenvalue weighted by Crippen LogP contribution is -2.63. The molecule has 44 nitrogen and oxygen atoms in total. The van der Waals surface area contributed by atoms with Gasteiger partial charge < -0.3 is 124 Å². The molecule has 20 atom stereocenters.